The van der Waals surface area contributed by atoms with Crippen molar-refractivity contribution in [3.05, 3.63) is 33.9 Å². The van der Waals surface area contributed by atoms with E-state index in [4.69, 9.17) is 0 Å². The Kier molecular flexibility index (Phi) is 5.14. The molecular weight excluding hydrogens is 349 g/mol. The Bertz CT molecular complexity index is 680. The lowest BCUT2D eigenvalue weighted by atomic mass is 9.76. The molecule has 0 unspecified atom stereocenters. The third-order valence-corrected chi connectivity index (χ3v) is 5.73. The van der Waals surface area contributed by atoms with E-state index in [1.165, 1.54) is 6.07 Å². The summed E-state index contributed by atoms with van der Waals surface area (Å²) in [6.45, 7) is 2.67. The fraction of sp³-hybridized carbons (Fsp3) is 0.667. The van der Waals surface area contributed by atoms with E-state index in [2.05, 4.69) is 6.92 Å². The number of nitro benzene ring substituents is 1. The van der Waals surface area contributed by atoms with Crippen molar-refractivity contribution in [1.82, 2.24) is 0 Å². The molecule has 0 aromatic heterocycles. The molecule has 1 heterocycles. The van der Waals surface area contributed by atoms with Gasteiger partial charge in [0.1, 0.15) is 5.69 Å². The van der Waals surface area contributed by atoms with E-state index in [1.807, 2.05) is 4.90 Å². The molecule has 1 aliphatic carbocycles. The largest absolute Gasteiger partial charge is 0.416 e. The maximum absolute atomic E-state index is 12.9. The number of alkyl halides is 3. The summed E-state index contributed by atoms with van der Waals surface area (Å²) in [5, 5.41) is 21.9. The first-order valence-corrected chi connectivity index (χ1v) is 8.99. The van der Waals surface area contributed by atoms with E-state index in [9.17, 15) is 28.4 Å². The summed E-state index contributed by atoms with van der Waals surface area (Å²) >= 11 is 0. The Morgan fingerprint density at radius 1 is 1.27 bits per heavy atom. The third kappa shape index (κ3) is 3.65. The van der Waals surface area contributed by atoms with Gasteiger partial charge in [0, 0.05) is 24.6 Å². The molecule has 2 fully saturated rings. The fourth-order valence-corrected chi connectivity index (χ4v) is 4.45. The minimum Gasteiger partial charge on any atom is -0.393 e. The van der Waals surface area contributed by atoms with Gasteiger partial charge in [0.05, 0.1) is 16.6 Å². The molecule has 5 nitrogen and oxygen atoms in total. The van der Waals surface area contributed by atoms with Gasteiger partial charge in [-0.2, -0.15) is 13.2 Å². The number of nitro groups is 1. The Morgan fingerprint density at radius 2 is 2.00 bits per heavy atom. The topological polar surface area (TPSA) is 66.6 Å². The van der Waals surface area contributed by atoms with Gasteiger partial charge in [0.25, 0.3) is 5.69 Å². The van der Waals surface area contributed by atoms with Crippen LogP contribution < -0.4 is 4.90 Å². The molecule has 1 aromatic rings. The first-order valence-electron chi connectivity index (χ1n) is 8.99. The highest BCUT2D eigenvalue weighted by Gasteiger charge is 2.41. The van der Waals surface area contributed by atoms with Crippen LogP contribution in [-0.2, 0) is 6.18 Å². The van der Waals surface area contributed by atoms with Gasteiger partial charge in [0.15, 0.2) is 0 Å². The van der Waals surface area contributed by atoms with Crippen molar-refractivity contribution in [2.45, 2.75) is 57.3 Å². The molecule has 144 valence electrons. The van der Waals surface area contributed by atoms with Crippen molar-refractivity contribution in [3.63, 3.8) is 0 Å². The number of rotatable bonds is 3. The van der Waals surface area contributed by atoms with Crippen LogP contribution in [0.15, 0.2) is 18.2 Å². The average molecular weight is 372 g/mol. The highest BCUT2D eigenvalue weighted by Crippen LogP contribution is 2.43. The normalized spacial score (nSPS) is 29.8. The van der Waals surface area contributed by atoms with E-state index in [0.717, 1.165) is 31.7 Å². The second-order valence-electron chi connectivity index (χ2n) is 7.51. The zero-order valence-electron chi connectivity index (χ0n) is 14.6. The summed E-state index contributed by atoms with van der Waals surface area (Å²) in [6.07, 6.45) is -1.02. The molecular formula is C18H23F3N2O3. The molecule has 1 aromatic carbocycles. The van der Waals surface area contributed by atoms with Crippen molar-refractivity contribution >= 4 is 11.4 Å². The minimum absolute atomic E-state index is 0.0110. The van der Waals surface area contributed by atoms with Gasteiger partial charge in [-0.3, -0.25) is 10.1 Å². The lowest BCUT2D eigenvalue weighted by molar-refractivity contribution is -0.384. The van der Waals surface area contributed by atoms with Crippen LogP contribution in [0.1, 0.15) is 44.6 Å². The van der Waals surface area contributed by atoms with Gasteiger partial charge < -0.3 is 10.0 Å². The highest BCUT2D eigenvalue weighted by molar-refractivity contribution is 5.65. The molecule has 0 amide bonds. The number of aliphatic hydroxyl groups excluding tert-OH is 1. The molecule has 0 radical (unpaired) electrons. The SMILES string of the molecule is C[C@@H]1CC[C@H](O)[C@@H]([C@H]2CCCN2c2ccc(C(F)(F)F)cc2[N+](=O)[O-])C1. The van der Waals surface area contributed by atoms with E-state index in [1.54, 1.807) is 0 Å². The smallest absolute Gasteiger partial charge is 0.393 e. The van der Waals surface area contributed by atoms with Crippen LogP contribution >= 0.6 is 0 Å². The number of nitrogens with zero attached hydrogens (tertiary/aromatic N) is 2. The lowest BCUT2D eigenvalue weighted by Gasteiger charge is -2.40. The van der Waals surface area contributed by atoms with Crippen molar-refractivity contribution in [3.8, 4) is 0 Å². The van der Waals surface area contributed by atoms with Gasteiger partial charge in [-0.05, 0) is 50.2 Å². The van der Waals surface area contributed by atoms with Crippen molar-refractivity contribution < 1.29 is 23.2 Å². The standard InChI is InChI=1S/C18H23F3N2O3/c1-11-4-7-17(24)13(9-11)14-3-2-8-22(14)15-6-5-12(18(19,20)21)10-16(15)23(25)26/h5-6,10-11,13-14,17,24H,2-4,7-9H2,1H3/t11-,13-,14-,17+/m1/s1. The second kappa shape index (κ2) is 7.06. The molecule has 0 spiro atoms. The number of hydrogen-bond donors (Lipinski definition) is 1. The maximum Gasteiger partial charge on any atom is 0.416 e. The monoisotopic (exact) mass is 372 g/mol. The first-order chi connectivity index (χ1) is 12.2. The number of hydrogen-bond acceptors (Lipinski definition) is 4. The minimum atomic E-state index is -4.62. The van der Waals surface area contributed by atoms with Crippen molar-refractivity contribution in [2.75, 3.05) is 11.4 Å². The zero-order valence-corrected chi connectivity index (χ0v) is 14.6. The molecule has 1 saturated heterocycles. The second-order valence-corrected chi connectivity index (χ2v) is 7.51. The fourth-order valence-electron chi connectivity index (χ4n) is 4.45. The van der Waals surface area contributed by atoms with Gasteiger partial charge in [-0.15, -0.1) is 0 Å². The predicted octanol–water partition coefficient (Wildman–Crippen LogP) is 4.38. The van der Waals surface area contributed by atoms with Gasteiger partial charge in [-0.1, -0.05) is 6.92 Å². The molecule has 1 saturated carbocycles. The Labute approximate surface area is 150 Å². The summed E-state index contributed by atoms with van der Waals surface area (Å²) in [4.78, 5) is 12.5. The first kappa shape index (κ1) is 18.9. The summed E-state index contributed by atoms with van der Waals surface area (Å²) < 4.78 is 38.8. The Balaban J connectivity index is 1.95. The quantitative estimate of drug-likeness (QED) is 0.632. The molecule has 2 aliphatic rings. The molecule has 8 heteroatoms. The summed E-state index contributed by atoms with van der Waals surface area (Å²) in [6, 6.07) is 2.64. The van der Waals surface area contributed by atoms with Crippen LogP contribution in [0.2, 0.25) is 0 Å². The zero-order chi connectivity index (χ0) is 19.1. The molecule has 0 bridgehead atoms. The van der Waals surface area contributed by atoms with E-state index in [-0.39, 0.29) is 17.6 Å². The average Bonchev–Trinajstić information content (AvgIpc) is 3.04. The number of aliphatic hydroxyl groups is 1. The molecule has 4 atom stereocenters. The van der Waals surface area contributed by atoms with E-state index >= 15 is 0 Å². The lowest BCUT2D eigenvalue weighted by Crippen LogP contribution is -2.44. The Hall–Kier alpha value is -1.83. The summed E-state index contributed by atoms with van der Waals surface area (Å²) in [7, 11) is 0. The van der Waals surface area contributed by atoms with E-state index < -0.39 is 28.5 Å². The molecule has 3 rings (SSSR count). The third-order valence-electron chi connectivity index (χ3n) is 5.73. The van der Waals surface area contributed by atoms with E-state index in [0.29, 0.717) is 24.9 Å². The van der Waals surface area contributed by atoms with Crippen LogP contribution in [0.5, 0.6) is 0 Å². The molecule has 26 heavy (non-hydrogen) atoms. The van der Waals surface area contributed by atoms with Crippen molar-refractivity contribution in [1.29, 1.82) is 0 Å². The van der Waals surface area contributed by atoms with Crippen molar-refractivity contribution in [2.24, 2.45) is 11.8 Å². The van der Waals surface area contributed by atoms with Crippen LogP contribution in [0.25, 0.3) is 0 Å². The summed E-state index contributed by atoms with van der Waals surface area (Å²) in [5.74, 6) is 0.455. The molecule has 1 N–H and O–H groups in total. The number of halogens is 3. The van der Waals surface area contributed by atoms with Gasteiger partial charge >= 0.3 is 6.18 Å². The predicted molar refractivity (Wildman–Crippen MR) is 91.0 cm³/mol. The van der Waals surface area contributed by atoms with Crippen LogP contribution in [0.3, 0.4) is 0 Å². The van der Waals surface area contributed by atoms with Gasteiger partial charge in [-0.25, -0.2) is 0 Å². The number of benzene rings is 1. The molecule has 1 aliphatic heterocycles. The van der Waals surface area contributed by atoms with Gasteiger partial charge in [0.2, 0.25) is 0 Å². The summed E-state index contributed by atoms with van der Waals surface area (Å²) in [5.41, 5.74) is -1.32. The maximum atomic E-state index is 12.9. The Morgan fingerprint density at radius 3 is 2.65 bits per heavy atom. The highest BCUT2D eigenvalue weighted by atomic mass is 19.4. The number of anilines is 1. The van der Waals surface area contributed by atoms with Crippen LogP contribution in [-0.4, -0.2) is 28.7 Å². The van der Waals surface area contributed by atoms with Crippen LogP contribution in [0.4, 0.5) is 24.5 Å². The van der Waals surface area contributed by atoms with Crippen LogP contribution in [0, 0.1) is 22.0 Å².